The lowest BCUT2D eigenvalue weighted by molar-refractivity contribution is -0.137. The Morgan fingerprint density at radius 3 is 2.37 bits per heavy atom. The Morgan fingerprint density at radius 1 is 1.09 bits per heavy atom. The molecule has 1 unspecified atom stereocenters. The van der Waals surface area contributed by atoms with E-state index in [0.717, 1.165) is 50.5 Å². The number of allylic oxidation sites excluding steroid dienone is 4. The second-order valence-electron chi connectivity index (χ2n) is 16.0. The number of carbonyl (C=O) groups is 2. The maximum Gasteiger partial charge on any atom is 0.242 e. The van der Waals surface area contributed by atoms with Crippen LogP contribution in [-0.4, -0.2) is 28.9 Å². The van der Waals surface area contributed by atoms with Gasteiger partial charge in [0.05, 0.1) is 5.57 Å². The highest BCUT2D eigenvalue weighted by Crippen LogP contribution is 2.70. The number of nitriles is 1. The highest BCUT2D eigenvalue weighted by molar-refractivity contribution is 6.04. The van der Waals surface area contributed by atoms with E-state index in [0.29, 0.717) is 11.8 Å². The third-order valence-corrected chi connectivity index (χ3v) is 12.8. The summed E-state index contributed by atoms with van der Waals surface area (Å²) in [6.07, 6.45) is 10.1. The summed E-state index contributed by atoms with van der Waals surface area (Å²) in [6.45, 7) is 22.2. The molecular formula is C36H53N3O4. The van der Waals surface area contributed by atoms with E-state index in [4.69, 9.17) is 9.15 Å². The van der Waals surface area contributed by atoms with Crippen LogP contribution < -0.4 is 0 Å². The van der Waals surface area contributed by atoms with Crippen LogP contribution in [0.25, 0.3) is 0 Å². The van der Waals surface area contributed by atoms with Crippen molar-refractivity contribution in [3.8, 4) is 6.07 Å². The normalized spacial score (nSPS) is 33.5. The van der Waals surface area contributed by atoms with E-state index in [1.165, 1.54) is 0 Å². The van der Waals surface area contributed by atoms with Crippen molar-refractivity contribution in [3.63, 3.8) is 0 Å². The van der Waals surface area contributed by atoms with Gasteiger partial charge in [-0.05, 0) is 66.8 Å². The van der Waals surface area contributed by atoms with Crippen LogP contribution in [0.1, 0.15) is 126 Å². The van der Waals surface area contributed by atoms with Crippen molar-refractivity contribution < 1.29 is 18.7 Å². The van der Waals surface area contributed by atoms with Crippen molar-refractivity contribution >= 4 is 11.6 Å². The zero-order valence-corrected chi connectivity index (χ0v) is 28.4. The first-order valence-corrected chi connectivity index (χ1v) is 16.1. The van der Waals surface area contributed by atoms with Gasteiger partial charge in [0, 0.05) is 29.3 Å². The third-order valence-electron chi connectivity index (χ3n) is 12.8. The average Bonchev–Trinajstić information content (AvgIpc) is 3.43. The van der Waals surface area contributed by atoms with E-state index in [1.54, 1.807) is 7.11 Å². The number of aromatic nitrogens is 2. The molecule has 1 saturated carbocycles. The molecule has 1 fully saturated rings. The molecule has 0 aliphatic heterocycles. The van der Waals surface area contributed by atoms with Crippen molar-refractivity contribution in [2.75, 3.05) is 7.11 Å². The molecule has 1 aromatic heterocycles. The number of Topliss-reactive ketones (excluding diaryl/α,β-unsaturated/α-hetero) is 1. The molecule has 4 rings (SSSR count). The monoisotopic (exact) mass is 591 g/mol. The second-order valence-corrected chi connectivity index (χ2v) is 16.0. The number of ketones is 2. The van der Waals surface area contributed by atoms with Gasteiger partial charge in [0.2, 0.25) is 11.8 Å². The first-order chi connectivity index (χ1) is 19.8. The Kier molecular flexibility index (Phi) is 8.59. The van der Waals surface area contributed by atoms with Gasteiger partial charge < -0.3 is 9.15 Å². The van der Waals surface area contributed by atoms with E-state index in [9.17, 15) is 14.9 Å². The first-order valence-electron chi connectivity index (χ1n) is 16.1. The molecular weight excluding hydrogens is 538 g/mol. The molecule has 3 aliphatic rings. The van der Waals surface area contributed by atoms with Gasteiger partial charge in [-0.25, -0.2) is 0 Å². The summed E-state index contributed by atoms with van der Waals surface area (Å²) in [5, 5.41) is 18.7. The van der Waals surface area contributed by atoms with Crippen LogP contribution in [0.15, 0.2) is 27.7 Å². The largest absolute Gasteiger partial charge is 0.422 e. The van der Waals surface area contributed by atoms with Gasteiger partial charge >= 0.3 is 0 Å². The Labute approximate surface area is 258 Å². The van der Waals surface area contributed by atoms with E-state index >= 15 is 0 Å². The van der Waals surface area contributed by atoms with Gasteiger partial charge in [-0.2, -0.15) is 5.26 Å². The van der Waals surface area contributed by atoms with E-state index < -0.39 is 10.8 Å². The van der Waals surface area contributed by atoms with E-state index in [1.807, 2.05) is 26.0 Å². The standard InChI is InChI=1S/C36H53N3O4/c1-12-31(3,4)15-16-33(7,30-39-38-28(43-30)22-42-11)17-18-35(9)23(2)25(40)19-27-34(8)20-24(21-37)29(41)32(5,6)26(34)13-14-36(27,35)10/h19-20,23,26H,12-18,22H2,1-11H3/t23?,26-,33-,34-,35+,36+/m0/s1. The topological polar surface area (TPSA) is 106 Å². The van der Waals surface area contributed by atoms with E-state index in [-0.39, 0.29) is 57.2 Å². The molecule has 1 heterocycles. The van der Waals surface area contributed by atoms with Crippen LogP contribution in [-0.2, 0) is 26.3 Å². The van der Waals surface area contributed by atoms with Crippen LogP contribution in [0.5, 0.6) is 0 Å². The lowest BCUT2D eigenvalue weighted by Crippen LogP contribution is -2.59. The lowest BCUT2D eigenvalue weighted by atomic mass is 9.39. The molecule has 0 saturated heterocycles. The molecule has 0 spiro atoms. The van der Waals surface area contributed by atoms with Crippen LogP contribution in [0.2, 0.25) is 0 Å². The zero-order chi connectivity index (χ0) is 32.2. The molecule has 0 amide bonds. The number of methoxy groups -OCH3 is 1. The van der Waals surface area contributed by atoms with Crippen LogP contribution in [0, 0.1) is 50.2 Å². The minimum atomic E-state index is -0.679. The molecule has 1 aromatic rings. The lowest BCUT2D eigenvalue weighted by Gasteiger charge is -2.64. The second kappa shape index (κ2) is 11.1. The maximum atomic E-state index is 13.9. The number of hydrogen-bond donors (Lipinski definition) is 0. The van der Waals surface area contributed by atoms with Gasteiger partial charge in [-0.15, -0.1) is 10.2 Å². The van der Waals surface area contributed by atoms with Crippen LogP contribution >= 0.6 is 0 Å². The maximum absolute atomic E-state index is 13.9. The van der Waals surface area contributed by atoms with Crippen molar-refractivity contribution in [3.05, 3.63) is 35.1 Å². The Hall–Kier alpha value is -2.59. The predicted octanol–water partition coefficient (Wildman–Crippen LogP) is 8.10. The van der Waals surface area contributed by atoms with Gasteiger partial charge in [-0.1, -0.05) is 87.3 Å². The van der Waals surface area contributed by atoms with Gasteiger partial charge in [0.25, 0.3) is 0 Å². The number of fused-ring (bicyclic) bond motifs is 3. The fourth-order valence-electron chi connectivity index (χ4n) is 8.70. The van der Waals surface area contributed by atoms with Gasteiger partial charge in [0.15, 0.2) is 11.6 Å². The van der Waals surface area contributed by atoms with Crippen molar-refractivity contribution in [2.45, 2.75) is 126 Å². The number of ether oxygens (including phenoxy) is 1. The van der Waals surface area contributed by atoms with Crippen molar-refractivity contribution in [1.29, 1.82) is 5.26 Å². The smallest absolute Gasteiger partial charge is 0.242 e. The Bertz CT molecular complexity index is 1380. The summed E-state index contributed by atoms with van der Waals surface area (Å²) in [4.78, 5) is 27.2. The minimum Gasteiger partial charge on any atom is -0.422 e. The summed E-state index contributed by atoms with van der Waals surface area (Å²) < 4.78 is 11.4. The third kappa shape index (κ3) is 5.26. The number of rotatable bonds is 10. The molecule has 0 bridgehead atoms. The summed E-state index contributed by atoms with van der Waals surface area (Å²) >= 11 is 0. The SMILES string of the molecule is CCC(C)(C)CC[C@@](C)(CC[C@]1(C)C(C)C(=O)C=C2[C@@]3(C)C=C(C#N)C(=O)C(C)(C)[C@@H]3CC[C@]21C)c1nnc(COC)o1. The fraction of sp³-hybridized carbons (Fsp3) is 0.750. The first kappa shape index (κ1) is 33.3. The highest BCUT2D eigenvalue weighted by Gasteiger charge is 2.64. The quantitative estimate of drug-likeness (QED) is 0.270. The van der Waals surface area contributed by atoms with Crippen LogP contribution in [0.4, 0.5) is 0 Å². The average molecular weight is 592 g/mol. The van der Waals surface area contributed by atoms with Gasteiger partial charge in [-0.3, -0.25) is 9.59 Å². The van der Waals surface area contributed by atoms with Crippen molar-refractivity contribution in [1.82, 2.24) is 10.2 Å². The zero-order valence-electron chi connectivity index (χ0n) is 28.4. The molecule has 0 radical (unpaired) electrons. The summed E-state index contributed by atoms with van der Waals surface area (Å²) in [5.41, 5.74) is -0.767. The van der Waals surface area contributed by atoms with Gasteiger partial charge in [0.1, 0.15) is 12.7 Å². The van der Waals surface area contributed by atoms with Crippen LogP contribution in [0.3, 0.4) is 0 Å². The summed E-state index contributed by atoms with van der Waals surface area (Å²) in [6, 6.07) is 2.19. The molecule has 0 aromatic carbocycles. The summed E-state index contributed by atoms with van der Waals surface area (Å²) in [5.74, 6) is 1.00. The molecule has 43 heavy (non-hydrogen) atoms. The van der Waals surface area contributed by atoms with E-state index in [2.05, 4.69) is 71.7 Å². The molecule has 0 N–H and O–H groups in total. The number of hydrogen-bond acceptors (Lipinski definition) is 7. The molecule has 236 valence electrons. The molecule has 6 atom stereocenters. The highest BCUT2D eigenvalue weighted by atomic mass is 16.5. The molecule has 7 heteroatoms. The molecule has 3 aliphatic carbocycles. The molecule has 7 nitrogen and oxygen atoms in total. The Balaban J connectivity index is 1.76. The predicted molar refractivity (Wildman–Crippen MR) is 167 cm³/mol. The van der Waals surface area contributed by atoms with Crippen molar-refractivity contribution in [2.24, 2.45) is 38.9 Å². The number of carbonyl (C=O) groups excluding carboxylic acids is 2. The minimum absolute atomic E-state index is 0.0218. The number of nitrogens with zero attached hydrogens (tertiary/aromatic N) is 3. The summed E-state index contributed by atoms with van der Waals surface area (Å²) in [7, 11) is 1.62. The fourth-order valence-corrected chi connectivity index (χ4v) is 8.70. The Morgan fingerprint density at radius 2 is 1.77 bits per heavy atom.